The predicted octanol–water partition coefficient (Wildman–Crippen LogP) is 1.74. The number of hydrogen-bond acceptors (Lipinski definition) is 6. The van der Waals surface area contributed by atoms with Crippen LogP contribution in [0.5, 0.6) is 5.75 Å². The number of nitriles is 2. The Balaban J connectivity index is 2.82. The van der Waals surface area contributed by atoms with Crippen molar-refractivity contribution >= 4 is 5.69 Å². The fourth-order valence-corrected chi connectivity index (χ4v) is 1.45. The lowest BCUT2D eigenvalue weighted by molar-refractivity contribution is -0.385. The molecule has 104 valence electrons. The van der Waals surface area contributed by atoms with E-state index in [9.17, 15) is 10.1 Å². The molecule has 1 aromatic rings. The maximum atomic E-state index is 10.9. The first-order valence-electron chi connectivity index (χ1n) is 5.87. The predicted molar refractivity (Wildman–Crippen MR) is 71.0 cm³/mol. The lowest BCUT2D eigenvalue weighted by Gasteiger charge is -2.20. The maximum absolute atomic E-state index is 10.9. The van der Waals surface area contributed by atoms with Crippen molar-refractivity contribution < 1.29 is 9.66 Å². The van der Waals surface area contributed by atoms with Gasteiger partial charge in [0.1, 0.15) is 5.54 Å². The van der Waals surface area contributed by atoms with Crippen molar-refractivity contribution in [3.63, 3.8) is 0 Å². The van der Waals surface area contributed by atoms with Crippen LogP contribution in [0.15, 0.2) is 18.2 Å². The summed E-state index contributed by atoms with van der Waals surface area (Å²) < 4.78 is 5.36. The van der Waals surface area contributed by atoms with E-state index in [1.165, 1.54) is 12.1 Å². The van der Waals surface area contributed by atoms with Gasteiger partial charge in [0.15, 0.2) is 5.75 Å². The van der Waals surface area contributed by atoms with Gasteiger partial charge in [0, 0.05) is 12.5 Å². The molecule has 0 aliphatic heterocycles. The molecule has 1 unspecified atom stereocenters. The smallest absolute Gasteiger partial charge is 0.312 e. The monoisotopic (exact) mass is 274 g/mol. The Morgan fingerprint density at radius 1 is 1.50 bits per heavy atom. The molecule has 0 saturated carbocycles. The number of ether oxygens (including phenoxy) is 1. The average Bonchev–Trinajstić information content (AvgIpc) is 2.47. The van der Waals surface area contributed by atoms with Gasteiger partial charge >= 0.3 is 5.69 Å². The van der Waals surface area contributed by atoms with Gasteiger partial charge in [-0.3, -0.25) is 10.1 Å². The Morgan fingerprint density at radius 3 is 2.70 bits per heavy atom. The Labute approximate surface area is 116 Å². The van der Waals surface area contributed by atoms with Gasteiger partial charge in [-0.15, -0.1) is 0 Å². The molecule has 0 saturated heterocycles. The van der Waals surface area contributed by atoms with Gasteiger partial charge < -0.3 is 10.1 Å². The van der Waals surface area contributed by atoms with Crippen LogP contribution in [0.25, 0.3) is 0 Å². The van der Waals surface area contributed by atoms with E-state index in [1.54, 1.807) is 14.0 Å². The van der Waals surface area contributed by atoms with Crippen molar-refractivity contribution in [2.24, 2.45) is 0 Å². The van der Waals surface area contributed by atoms with Crippen LogP contribution >= 0.6 is 0 Å². The molecule has 0 radical (unpaired) electrons. The second-order valence-electron chi connectivity index (χ2n) is 4.34. The van der Waals surface area contributed by atoms with Crippen LogP contribution in [-0.4, -0.2) is 24.1 Å². The number of hydrogen-bond donors (Lipinski definition) is 1. The Bertz CT molecular complexity index is 588. The molecule has 0 aliphatic carbocycles. The lowest BCUT2D eigenvalue weighted by Crippen LogP contribution is -2.39. The molecule has 0 aliphatic rings. The summed E-state index contributed by atoms with van der Waals surface area (Å²) in [7, 11) is 1.66. The second-order valence-corrected chi connectivity index (χ2v) is 4.34. The van der Waals surface area contributed by atoms with Crippen molar-refractivity contribution in [2.45, 2.75) is 18.9 Å². The highest BCUT2D eigenvalue weighted by Gasteiger charge is 2.22. The molecule has 0 fully saturated rings. The van der Waals surface area contributed by atoms with E-state index in [0.29, 0.717) is 6.42 Å². The maximum Gasteiger partial charge on any atom is 0.312 e. The highest BCUT2D eigenvalue weighted by Crippen LogP contribution is 2.28. The van der Waals surface area contributed by atoms with Crippen LogP contribution in [0.3, 0.4) is 0 Å². The summed E-state index contributed by atoms with van der Waals surface area (Å²) in [5, 5.41) is 31.5. The Kier molecular flexibility index (Phi) is 5.01. The van der Waals surface area contributed by atoms with Crippen molar-refractivity contribution in [3.8, 4) is 17.9 Å². The molecule has 20 heavy (non-hydrogen) atoms. The molecule has 7 heteroatoms. The molecule has 7 nitrogen and oxygen atoms in total. The van der Waals surface area contributed by atoms with Crippen molar-refractivity contribution in [1.29, 1.82) is 10.5 Å². The van der Waals surface area contributed by atoms with Crippen LogP contribution in [0.1, 0.15) is 18.9 Å². The van der Waals surface area contributed by atoms with Crippen molar-refractivity contribution in [1.82, 2.24) is 5.32 Å². The van der Waals surface area contributed by atoms with Gasteiger partial charge in [0.25, 0.3) is 0 Å². The molecule has 0 bridgehead atoms. The molecular weight excluding hydrogens is 260 g/mol. The first kappa shape index (κ1) is 15.4. The largest absolute Gasteiger partial charge is 0.487 e. The van der Waals surface area contributed by atoms with Gasteiger partial charge in [-0.1, -0.05) is 0 Å². The zero-order valence-corrected chi connectivity index (χ0v) is 11.2. The summed E-state index contributed by atoms with van der Waals surface area (Å²) in [6, 6.07) is 7.94. The minimum Gasteiger partial charge on any atom is -0.487 e. The number of nitrogens with one attached hydrogen (secondary N) is 1. The third-order valence-electron chi connectivity index (χ3n) is 2.94. The van der Waals surface area contributed by atoms with Crippen LogP contribution in [0.2, 0.25) is 0 Å². The van der Waals surface area contributed by atoms with Gasteiger partial charge in [0.2, 0.25) is 0 Å². The van der Waals surface area contributed by atoms with E-state index in [1.807, 2.05) is 6.07 Å². The summed E-state index contributed by atoms with van der Waals surface area (Å²) in [5.74, 6) is 0.0883. The van der Waals surface area contributed by atoms with Gasteiger partial charge in [-0.2, -0.15) is 10.5 Å². The SMILES string of the molecule is CNC(C)(C#N)CCOc1ccc(C#N)cc1[N+](=O)[O-]. The zero-order valence-electron chi connectivity index (χ0n) is 11.2. The van der Waals surface area contributed by atoms with Crippen molar-refractivity contribution in [3.05, 3.63) is 33.9 Å². The molecule has 0 spiro atoms. The molecule has 1 rings (SSSR count). The lowest BCUT2D eigenvalue weighted by atomic mass is 10.0. The number of rotatable bonds is 6. The standard InChI is InChI=1S/C13H14N4O3/c1-13(9-15,16-2)5-6-20-12-4-3-10(8-14)7-11(12)17(18)19/h3-4,7,16H,5-6H2,1-2H3. The Morgan fingerprint density at radius 2 is 2.20 bits per heavy atom. The molecule has 0 aromatic heterocycles. The third-order valence-corrected chi connectivity index (χ3v) is 2.94. The Hall–Kier alpha value is -2.64. The van der Waals surface area contributed by atoms with E-state index in [0.717, 1.165) is 6.07 Å². The average molecular weight is 274 g/mol. The van der Waals surface area contributed by atoms with Crippen LogP contribution in [-0.2, 0) is 0 Å². The summed E-state index contributed by atoms with van der Waals surface area (Å²) in [6.07, 6.45) is 0.372. The minimum absolute atomic E-state index is 0.0883. The van der Waals surface area contributed by atoms with E-state index in [2.05, 4.69) is 11.4 Å². The van der Waals surface area contributed by atoms with Crippen LogP contribution < -0.4 is 10.1 Å². The first-order chi connectivity index (χ1) is 9.45. The number of benzene rings is 1. The normalized spacial score (nSPS) is 12.8. The van der Waals surface area contributed by atoms with E-state index < -0.39 is 10.5 Å². The quantitative estimate of drug-likeness (QED) is 0.624. The van der Waals surface area contributed by atoms with E-state index >= 15 is 0 Å². The van der Waals surface area contributed by atoms with Crippen LogP contribution in [0, 0.1) is 32.8 Å². The van der Waals surface area contributed by atoms with E-state index in [-0.39, 0.29) is 23.6 Å². The summed E-state index contributed by atoms with van der Waals surface area (Å²) in [6.45, 7) is 1.86. The minimum atomic E-state index is -0.749. The molecule has 1 N–H and O–H groups in total. The fourth-order valence-electron chi connectivity index (χ4n) is 1.45. The summed E-state index contributed by atoms with van der Waals surface area (Å²) >= 11 is 0. The molecular formula is C13H14N4O3. The highest BCUT2D eigenvalue weighted by atomic mass is 16.6. The van der Waals surface area contributed by atoms with Crippen LogP contribution in [0.4, 0.5) is 5.69 Å². The molecule has 0 amide bonds. The molecule has 0 heterocycles. The highest BCUT2D eigenvalue weighted by molar-refractivity contribution is 5.51. The zero-order chi connectivity index (χ0) is 15.2. The number of nitro groups is 1. The fraction of sp³-hybridized carbons (Fsp3) is 0.385. The number of nitro benzene ring substituents is 1. The van der Waals surface area contributed by atoms with Crippen molar-refractivity contribution in [2.75, 3.05) is 13.7 Å². The van der Waals surface area contributed by atoms with Gasteiger partial charge in [-0.05, 0) is 26.1 Å². The van der Waals surface area contributed by atoms with E-state index in [4.69, 9.17) is 15.3 Å². The molecule has 1 atom stereocenters. The van der Waals surface area contributed by atoms with Gasteiger partial charge in [0.05, 0.1) is 29.2 Å². The molecule has 1 aromatic carbocycles. The summed E-state index contributed by atoms with van der Waals surface area (Å²) in [5.41, 5.74) is -0.810. The number of nitrogens with zero attached hydrogens (tertiary/aromatic N) is 3. The first-order valence-corrected chi connectivity index (χ1v) is 5.87. The third kappa shape index (κ3) is 3.67. The summed E-state index contributed by atoms with van der Waals surface area (Å²) in [4.78, 5) is 10.3. The second kappa shape index (κ2) is 6.50. The topological polar surface area (TPSA) is 112 Å². The van der Waals surface area contributed by atoms with Gasteiger partial charge in [-0.25, -0.2) is 0 Å².